The van der Waals surface area contributed by atoms with Crippen LogP contribution < -0.4 is 0 Å². The minimum absolute atomic E-state index is 0.0445. The SMILES string of the molecule is Cc1cccc2cc(C(=O)C(C)(C)C)oc12. The van der Waals surface area contributed by atoms with Gasteiger partial charge in [-0.15, -0.1) is 0 Å². The highest BCUT2D eigenvalue weighted by Gasteiger charge is 2.26. The van der Waals surface area contributed by atoms with E-state index < -0.39 is 5.41 Å². The summed E-state index contributed by atoms with van der Waals surface area (Å²) in [6.07, 6.45) is 0. The number of hydrogen-bond acceptors (Lipinski definition) is 2. The Kier molecular flexibility index (Phi) is 2.38. The van der Waals surface area contributed by atoms with Crippen molar-refractivity contribution in [3.8, 4) is 0 Å². The van der Waals surface area contributed by atoms with Gasteiger partial charge in [-0.25, -0.2) is 0 Å². The van der Waals surface area contributed by atoms with Crippen molar-refractivity contribution in [3.05, 3.63) is 35.6 Å². The number of hydrogen-bond donors (Lipinski definition) is 0. The molecule has 2 rings (SSSR count). The first kappa shape index (κ1) is 10.9. The molecule has 1 heterocycles. The van der Waals surface area contributed by atoms with Crippen LogP contribution >= 0.6 is 0 Å². The Bertz CT molecular complexity index is 541. The second-order valence-corrected chi connectivity index (χ2v) is 5.18. The molecule has 0 radical (unpaired) electrons. The Morgan fingerprint density at radius 2 is 1.94 bits per heavy atom. The van der Waals surface area contributed by atoms with Gasteiger partial charge in [0.25, 0.3) is 0 Å². The molecule has 16 heavy (non-hydrogen) atoms. The number of Topliss-reactive ketones (excluding diaryl/α,β-unsaturated/α-hetero) is 1. The smallest absolute Gasteiger partial charge is 0.203 e. The number of fused-ring (bicyclic) bond motifs is 1. The number of ketones is 1. The summed E-state index contributed by atoms with van der Waals surface area (Å²) in [5, 5.41) is 0.993. The highest BCUT2D eigenvalue weighted by atomic mass is 16.3. The Balaban J connectivity index is 2.56. The first-order valence-corrected chi connectivity index (χ1v) is 5.43. The van der Waals surface area contributed by atoms with Crippen molar-refractivity contribution in [1.82, 2.24) is 0 Å². The first-order valence-electron chi connectivity index (χ1n) is 5.43. The van der Waals surface area contributed by atoms with Crippen LogP contribution in [0.2, 0.25) is 0 Å². The summed E-state index contributed by atoms with van der Waals surface area (Å²) in [6.45, 7) is 7.68. The van der Waals surface area contributed by atoms with Crippen LogP contribution in [0.4, 0.5) is 0 Å². The van der Waals surface area contributed by atoms with Crippen LogP contribution in [-0.4, -0.2) is 5.78 Å². The molecule has 0 aliphatic heterocycles. The average molecular weight is 216 g/mol. The van der Waals surface area contributed by atoms with E-state index in [1.54, 1.807) is 0 Å². The van der Waals surface area contributed by atoms with Crippen LogP contribution in [0.25, 0.3) is 11.0 Å². The van der Waals surface area contributed by atoms with Crippen molar-refractivity contribution in [2.24, 2.45) is 5.41 Å². The molecule has 1 aromatic heterocycles. The van der Waals surface area contributed by atoms with E-state index in [-0.39, 0.29) is 5.78 Å². The number of rotatable bonds is 1. The van der Waals surface area contributed by atoms with E-state index in [0.29, 0.717) is 5.76 Å². The number of furan rings is 1. The molecule has 0 amide bonds. The van der Waals surface area contributed by atoms with E-state index in [1.807, 2.05) is 52.0 Å². The highest BCUT2D eigenvalue weighted by Crippen LogP contribution is 2.27. The molecular weight excluding hydrogens is 200 g/mol. The van der Waals surface area contributed by atoms with Gasteiger partial charge in [0.15, 0.2) is 5.76 Å². The summed E-state index contributed by atoms with van der Waals surface area (Å²) in [5.41, 5.74) is 1.47. The second-order valence-electron chi connectivity index (χ2n) is 5.18. The number of benzene rings is 1. The summed E-state index contributed by atoms with van der Waals surface area (Å²) in [5.74, 6) is 0.500. The lowest BCUT2D eigenvalue weighted by Crippen LogP contribution is -2.19. The van der Waals surface area contributed by atoms with Crippen molar-refractivity contribution in [1.29, 1.82) is 0 Å². The molecular formula is C14H16O2. The van der Waals surface area contributed by atoms with Crippen LogP contribution in [-0.2, 0) is 0 Å². The maximum Gasteiger partial charge on any atom is 0.203 e. The molecule has 2 aromatic rings. The molecule has 0 saturated carbocycles. The standard InChI is InChI=1S/C14H16O2/c1-9-6-5-7-10-8-11(16-12(9)10)13(15)14(2,3)4/h5-8H,1-4H3. The molecule has 0 atom stereocenters. The van der Waals surface area contributed by atoms with Crippen LogP contribution in [0.3, 0.4) is 0 Å². The summed E-state index contributed by atoms with van der Waals surface area (Å²) < 4.78 is 5.64. The van der Waals surface area contributed by atoms with E-state index in [1.165, 1.54) is 0 Å². The third-order valence-electron chi connectivity index (χ3n) is 2.65. The number of para-hydroxylation sites is 1. The normalized spacial score (nSPS) is 12.0. The van der Waals surface area contributed by atoms with Crippen molar-refractivity contribution in [3.63, 3.8) is 0 Å². The Morgan fingerprint density at radius 1 is 1.25 bits per heavy atom. The number of carbonyl (C=O) groups excluding carboxylic acids is 1. The van der Waals surface area contributed by atoms with Crippen molar-refractivity contribution < 1.29 is 9.21 Å². The van der Waals surface area contributed by atoms with Crippen molar-refractivity contribution in [2.45, 2.75) is 27.7 Å². The monoisotopic (exact) mass is 216 g/mol. The van der Waals surface area contributed by atoms with Gasteiger partial charge in [-0.1, -0.05) is 39.0 Å². The lowest BCUT2D eigenvalue weighted by Gasteiger charge is -2.13. The minimum atomic E-state index is -0.401. The molecule has 0 aliphatic rings. The lowest BCUT2D eigenvalue weighted by atomic mass is 9.89. The highest BCUT2D eigenvalue weighted by molar-refractivity contribution is 6.00. The maximum absolute atomic E-state index is 12.1. The fourth-order valence-electron chi connectivity index (χ4n) is 1.69. The molecule has 0 unspecified atom stereocenters. The van der Waals surface area contributed by atoms with Gasteiger partial charge < -0.3 is 4.42 Å². The predicted molar refractivity (Wildman–Crippen MR) is 64.7 cm³/mol. The molecule has 1 aromatic carbocycles. The maximum atomic E-state index is 12.1. The molecule has 0 N–H and O–H groups in total. The van der Waals surface area contributed by atoms with Gasteiger partial charge in [0.1, 0.15) is 5.58 Å². The first-order chi connectivity index (χ1) is 7.39. The summed E-state index contributed by atoms with van der Waals surface area (Å²) in [6, 6.07) is 7.75. The third-order valence-corrected chi connectivity index (χ3v) is 2.65. The minimum Gasteiger partial charge on any atom is -0.453 e. The Hall–Kier alpha value is -1.57. The predicted octanol–water partition coefficient (Wildman–Crippen LogP) is 3.97. The largest absolute Gasteiger partial charge is 0.453 e. The molecule has 84 valence electrons. The second kappa shape index (κ2) is 3.48. The molecule has 0 bridgehead atoms. The zero-order valence-electron chi connectivity index (χ0n) is 10.1. The fraction of sp³-hybridized carbons (Fsp3) is 0.357. The van der Waals surface area contributed by atoms with Crippen molar-refractivity contribution >= 4 is 16.8 Å². The Labute approximate surface area is 95.3 Å². The van der Waals surface area contributed by atoms with Gasteiger partial charge >= 0.3 is 0 Å². The van der Waals surface area contributed by atoms with Gasteiger partial charge in [-0.2, -0.15) is 0 Å². The molecule has 2 nitrogen and oxygen atoms in total. The van der Waals surface area contributed by atoms with Crippen LogP contribution in [0.1, 0.15) is 36.9 Å². The van der Waals surface area contributed by atoms with E-state index in [0.717, 1.165) is 16.5 Å². The van der Waals surface area contributed by atoms with Crippen LogP contribution in [0, 0.1) is 12.3 Å². The van der Waals surface area contributed by atoms with Gasteiger partial charge in [0.05, 0.1) is 0 Å². The van der Waals surface area contributed by atoms with E-state index in [9.17, 15) is 4.79 Å². The van der Waals surface area contributed by atoms with E-state index in [4.69, 9.17) is 4.42 Å². The van der Waals surface area contributed by atoms with Gasteiger partial charge in [-0.3, -0.25) is 4.79 Å². The summed E-state index contributed by atoms with van der Waals surface area (Å²) in [4.78, 5) is 12.1. The third kappa shape index (κ3) is 1.75. The average Bonchev–Trinajstić information content (AvgIpc) is 2.60. The molecule has 0 saturated heterocycles. The molecule has 0 spiro atoms. The quantitative estimate of drug-likeness (QED) is 0.675. The van der Waals surface area contributed by atoms with Crippen LogP contribution in [0.15, 0.2) is 28.7 Å². The summed E-state index contributed by atoms with van der Waals surface area (Å²) in [7, 11) is 0. The topological polar surface area (TPSA) is 30.2 Å². The van der Waals surface area contributed by atoms with Gasteiger partial charge in [0, 0.05) is 10.8 Å². The zero-order chi connectivity index (χ0) is 11.9. The molecule has 0 aliphatic carbocycles. The Morgan fingerprint density at radius 3 is 2.50 bits per heavy atom. The van der Waals surface area contributed by atoms with Gasteiger partial charge in [-0.05, 0) is 18.6 Å². The lowest BCUT2D eigenvalue weighted by molar-refractivity contribution is 0.0831. The molecule has 0 fully saturated rings. The van der Waals surface area contributed by atoms with E-state index >= 15 is 0 Å². The van der Waals surface area contributed by atoms with Crippen molar-refractivity contribution in [2.75, 3.05) is 0 Å². The fourth-order valence-corrected chi connectivity index (χ4v) is 1.69. The number of carbonyl (C=O) groups is 1. The van der Waals surface area contributed by atoms with Gasteiger partial charge in [0.2, 0.25) is 5.78 Å². The van der Waals surface area contributed by atoms with E-state index in [2.05, 4.69) is 0 Å². The summed E-state index contributed by atoms with van der Waals surface area (Å²) >= 11 is 0. The molecule has 2 heteroatoms. The van der Waals surface area contributed by atoms with Crippen LogP contribution in [0.5, 0.6) is 0 Å². The number of aryl methyl sites for hydroxylation is 1. The zero-order valence-corrected chi connectivity index (χ0v) is 10.1.